The highest BCUT2D eigenvalue weighted by Gasteiger charge is 2.32. The average Bonchev–Trinajstić information content (AvgIpc) is 2.84. The Bertz CT molecular complexity index is 1130. The molecule has 0 aromatic heterocycles. The number of sulfonamides is 1. The average molecular weight is 500 g/mol. The predicted molar refractivity (Wildman–Crippen MR) is 133 cm³/mol. The largest absolute Gasteiger partial charge is 0.373 e. The number of benzene rings is 2. The highest BCUT2D eigenvalue weighted by Crippen LogP contribution is 2.24. The third kappa shape index (κ3) is 6.28. The zero-order chi connectivity index (χ0) is 25.0. The fourth-order valence-electron chi connectivity index (χ4n) is 4.73. The molecule has 3 atom stereocenters. The molecule has 3 unspecified atom stereocenters. The first-order valence-electron chi connectivity index (χ1n) is 12.1. The van der Waals surface area contributed by atoms with Gasteiger partial charge in [-0.1, -0.05) is 30.3 Å². The highest BCUT2D eigenvalue weighted by molar-refractivity contribution is 7.89. The number of hydrogen-bond acceptors (Lipinski definition) is 5. The molecule has 1 N–H and O–H groups in total. The van der Waals surface area contributed by atoms with Crippen LogP contribution in [-0.4, -0.2) is 67.8 Å². The van der Waals surface area contributed by atoms with Crippen molar-refractivity contribution < 1.29 is 22.7 Å². The van der Waals surface area contributed by atoms with Crippen molar-refractivity contribution in [3.05, 3.63) is 60.2 Å². The summed E-state index contributed by atoms with van der Waals surface area (Å²) in [5, 5.41) is 2.89. The zero-order valence-electron chi connectivity index (χ0n) is 20.2. The number of anilines is 1. The number of amides is 2. The van der Waals surface area contributed by atoms with Gasteiger partial charge in [-0.25, -0.2) is 8.42 Å². The van der Waals surface area contributed by atoms with E-state index in [0.717, 1.165) is 12.0 Å². The van der Waals surface area contributed by atoms with Crippen molar-refractivity contribution in [3.63, 3.8) is 0 Å². The van der Waals surface area contributed by atoms with E-state index in [1.807, 2.05) is 44.2 Å². The summed E-state index contributed by atoms with van der Waals surface area (Å²) in [4.78, 5) is 27.6. The first-order valence-corrected chi connectivity index (χ1v) is 13.5. The highest BCUT2D eigenvalue weighted by atomic mass is 32.2. The SMILES string of the molecule is CC1CN(S(=O)(=O)c2ccc(NC(=O)C3CCCN(C(=O)Cc4ccccc4)C3)cc2)CC(C)O1. The van der Waals surface area contributed by atoms with Crippen molar-refractivity contribution in [2.45, 2.75) is 50.2 Å². The smallest absolute Gasteiger partial charge is 0.243 e. The normalized spacial score (nSPS) is 23.6. The molecule has 2 fully saturated rings. The van der Waals surface area contributed by atoms with Crippen LogP contribution in [0.3, 0.4) is 0 Å². The molecule has 4 rings (SSSR count). The molecule has 8 nitrogen and oxygen atoms in total. The molecule has 0 radical (unpaired) electrons. The Morgan fingerprint density at radius 2 is 1.63 bits per heavy atom. The van der Waals surface area contributed by atoms with Crippen molar-refractivity contribution in [2.75, 3.05) is 31.5 Å². The summed E-state index contributed by atoms with van der Waals surface area (Å²) in [6.07, 6.45) is 1.47. The van der Waals surface area contributed by atoms with Gasteiger partial charge < -0.3 is 15.0 Å². The number of piperidine rings is 1. The number of nitrogens with one attached hydrogen (secondary N) is 1. The number of morpholine rings is 1. The van der Waals surface area contributed by atoms with Crippen LogP contribution in [0.5, 0.6) is 0 Å². The lowest BCUT2D eigenvalue weighted by Gasteiger charge is -2.34. The van der Waals surface area contributed by atoms with Gasteiger partial charge in [0, 0.05) is 31.9 Å². The zero-order valence-corrected chi connectivity index (χ0v) is 21.0. The van der Waals surface area contributed by atoms with Crippen LogP contribution in [0.4, 0.5) is 5.69 Å². The molecule has 2 saturated heterocycles. The molecule has 2 aliphatic rings. The lowest BCUT2D eigenvalue weighted by Crippen LogP contribution is -2.48. The lowest BCUT2D eigenvalue weighted by molar-refractivity contribution is -0.133. The van der Waals surface area contributed by atoms with E-state index in [9.17, 15) is 18.0 Å². The Morgan fingerprint density at radius 3 is 2.29 bits per heavy atom. The summed E-state index contributed by atoms with van der Waals surface area (Å²) < 4.78 is 33.2. The second-order valence-electron chi connectivity index (χ2n) is 9.43. The first-order chi connectivity index (χ1) is 16.7. The number of nitrogens with zero attached hydrogens (tertiary/aromatic N) is 2. The Balaban J connectivity index is 1.35. The summed E-state index contributed by atoms with van der Waals surface area (Å²) in [5.74, 6) is -0.438. The maximum Gasteiger partial charge on any atom is 0.243 e. The molecule has 2 amide bonds. The van der Waals surface area contributed by atoms with Crippen LogP contribution in [0.1, 0.15) is 32.3 Å². The molecule has 2 heterocycles. The second-order valence-corrected chi connectivity index (χ2v) is 11.4. The van der Waals surface area contributed by atoms with Crippen molar-refractivity contribution in [1.29, 1.82) is 0 Å². The predicted octanol–water partition coefficient (Wildman–Crippen LogP) is 2.90. The molecule has 0 spiro atoms. The maximum atomic E-state index is 13.0. The Labute approximate surface area is 207 Å². The quantitative estimate of drug-likeness (QED) is 0.659. The van der Waals surface area contributed by atoms with E-state index in [2.05, 4.69) is 5.32 Å². The molecule has 9 heteroatoms. The van der Waals surface area contributed by atoms with Crippen LogP contribution in [0.15, 0.2) is 59.5 Å². The Morgan fingerprint density at radius 1 is 0.971 bits per heavy atom. The van der Waals surface area contributed by atoms with E-state index in [4.69, 9.17) is 4.74 Å². The van der Waals surface area contributed by atoms with E-state index in [1.54, 1.807) is 17.0 Å². The van der Waals surface area contributed by atoms with E-state index >= 15 is 0 Å². The van der Waals surface area contributed by atoms with Crippen molar-refractivity contribution in [2.24, 2.45) is 5.92 Å². The van der Waals surface area contributed by atoms with Crippen LogP contribution in [0.2, 0.25) is 0 Å². The minimum atomic E-state index is -3.64. The number of carbonyl (C=O) groups is 2. The fourth-order valence-corrected chi connectivity index (χ4v) is 6.32. The van der Waals surface area contributed by atoms with Gasteiger partial charge in [-0.3, -0.25) is 9.59 Å². The van der Waals surface area contributed by atoms with Crippen LogP contribution in [0, 0.1) is 5.92 Å². The van der Waals surface area contributed by atoms with Gasteiger partial charge in [0.1, 0.15) is 0 Å². The van der Waals surface area contributed by atoms with Crippen molar-refractivity contribution >= 4 is 27.5 Å². The van der Waals surface area contributed by atoms with Crippen LogP contribution < -0.4 is 5.32 Å². The molecular weight excluding hydrogens is 466 g/mol. The van der Waals surface area contributed by atoms with Gasteiger partial charge in [0.15, 0.2) is 0 Å². The van der Waals surface area contributed by atoms with E-state index in [-0.39, 0.29) is 34.8 Å². The molecule has 35 heavy (non-hydrogen) atoms. The van der Waals surface area contributed by atoms with Crippen molar-refractivity contribution in [1.82, 2.24) is 9.21 Å². The number of carbonyl (C=O) groups excluding carboxylic acids is 2. The van der Waals surface area contributed by atoms with Gasteiger partial charge in [0.2, 0.25) is 21.8 Å². The summed E-state index contributed by atoms with van der Waals surface area (Å²) >= 11 is 0. The number of ether oxygens (including phenoxy) is 1. The van der Waals surface area contributed by atoms with E-state index < -0.39 is 10.0 Å². The van der Waals surface area contributed by atoms with Crippen LogP contribution in [-0.2, 0) is 30.8 Å². The number of likely N-dealkylation sites (tertiary alicyclic amines) is 1. The van der Waals surface area contributed by atoms with Gasteiger partial charge in [-0.15, -0.1) is 0 Å². The standard InChI is InChI=1S/C26H33N3O5S/c1-19-16-29(17-20(2)34-19)35(32,33)24-12-10-23(11-13-24)27-26(31)22-9-6-14-28(18-22)25(30)15-21-7-4-3-5-8-21/h3-5,7-8,10-13,19-20,22H,6,9,14-18H2,1-2H3,(H,27,31). The summed E-state index contributed by atoms with van der Waals surface area (Å²) in [6, 6.07) is 15.9. The topological polar surface area (TPSA) is 96.0 Å². The first kappa shape index (κ1) is 25.3. The van der Waals surface area contributed by atoms with Gasteiger partial charge in [0.05, 0.1) is 29.4 Å². The minimum Gasteiger partial charge on any atom is -0.373 e. The van der Waals surface area contributed by atoms with Crippen LogP contribution in [0.25, 0.3) is 0 Å². The van der Waals surface area contributed by atoms with Crippen LogP contribution >= 0.6 is 0 Å². The van der Waals surface area contributed by atoms with Gasteiger partial charge in [0.25, 0.3) is 0 Å². The molecule has 0 saturated carbocycles. The van der Waals surface area contributed by atoms with Crippen molar-refractivity contribution in [3.8, 4) is 0 Å². The van der Waals surface area contributed by atoms with E-state index in [1.165, 1.54) is 16.4 Å². The maximum absolute atomic E-state index is 13.0. The molecule has 0 aliphatic carbocycles. The fraction of sp³-hybridized carbons (Fsp3) is 0.462. The minimum absolute atomic E-state index is 0.0232. The van der Waals surface area contributed by atoms with Gasteiger partial charge in [-0.2, -0.15) is 4.31 Å². The molecule has 2 aliphatic heterocycles. The van der Waals surface area contributed by atoms with Gasteiger partial charge in [-0.05, 0) is 56.5 Å². The number of hydrogen-bond donors (Lipinski definition) is 1. The van der Waals surface area contributed by atoms with E-state index in [0.29, 0.717) is 44.7 Å². The summed E-state index contributed by atoms with van der Waals surface area (Å²) in [6.45, 7) is 5.38. The lowest BCUT2D eigenvalue weighted by atomic mass is 9.96. The monoisotopic (exact) mass is 499 g/mol. The Kier molecular flexibility index (Phi) is 7.88. The molecule has 188 valence electrons. The summed E-state index contributed by atoms with van der Waals surface area (Å²) in [7, 11) is -3.64. The Hall–Kier alpha value is -2.75. The summed E-state index contributed by atoms with van der Waals surface area (Å²) in [5.41, 5.74) is 1.49. The third-order valence-electron chi connectivity index (χ3n) is 6.49. The molecule has 2 aromatic rings. The van der Waals surface area contributed by atoms with Gasteiger partial charge >= 0.3 is 0 Å². The second kappa shape index (κ2) is 10.9. The molecule has 2 aromatic carbocycles. The molecule has 0 bridgehead atoms. The molecular formula is C26H33N3O5S. The third-order valence-corrected chi connectivity index (χ3v) is 8.33. The number of rotatable bonds is 6.